The van der Waals surface area contributed by atoms with Crippen molar-refractivity contribution in [1.29, 1.82) is 0 Å². The normalized spacial score (nSPS) is 18.3. The molecule has 5 nitrogen and oxygen atoms in total. The second-order valence-corrected chi connectivity index (χ2v) is 8.86. The van der Waals surface area contributed by atoms with Crippen LogP contribution < -0.4 is 4.74 Å². The van der Waals surface area contributed by atoms with Gasteiger partial charge in [0.15, 0.2) is 0 Å². The quantitative estimate of drug-likeness (QED) is 0.747. The molecule has 2 aromatic carbocycles. The summed E-state index contributed by atoms with van der Waals surface area (Å²) in [6.45, 7) is 2.53. The highest BCUT2D eigenvalue weighted by atomic mass is 32.2. The first-order valence-corrected chi connectivity index (χ1v) is 10.4. The number of nitrogens with zero attached hydrogens (tertiary/aromatic N) is 2. The van der Waals surface area contributed by atoms with Gasteiger partial charge in [-0.3, -0.25) is 4.90 Å². The molecule has 26 heavy (non-hydrogen) atoms. The zero-order chi connectivity index (χ0) is 18.6. The Balaban J connectivity index is 1.55. The molecule has 6 heteroatoms. The topological polar surface area (TPSA) is 49.9 Å². The van der Waals surface area contributed by atoms with Crippen LogP contribution in [0.15, 0.2) is 59.5 Å². The van der Waals surface area contributed by atoms with Crippen LogP contribution in [-0.4, -0.2) is 51.4 Å². The fraction of sp³-hybridized carbons (Fsp3) is 0.400. The standard InChI is InChI=1S/C20H26N2O3S/c1-21(2)26(23,24)19-12-10-18(11-13-19)25-16-15-22-14-6-9-20(22)17-7-4-3-5-8-17/h3-5,7-8,10-13,20H,6,9,14-16H2,1-2H3. The van der Waals surface area contributed by atoms with E-state index in [1.807, 2.05) is 6.07 Å². The van der Waals surface area contributed by atoms with E-state index in [1.54, 1.807) is 24.3 Å². The van der Waals surface area contributed by atoms with Crippen LogP contribution in [-0.2, 0) is 10.0 Å². The number of hydrogen-bond acceptors (Lipinski definition) is 4. The maximum Gasteiger partial charge on any atom is 0.242 e. The van der Waals surface area contributed by atoms with Crippen LogP contribution in [0, 0.1) is 0 Å². The lowest BCUT2D eigenvalue weighted by Crippen LogP contribution is -2.28. The summed E-state index contributed by atoms with van der Waals surface area (Å²) < 4.78 is 31.2. The van der Waals surface area contributed by atoms with E-state index in [-0.39, 0.29) is 4.90 Å². The van der Waals surface area contributed by atoms with Crippen molar-refractivity contribution in [2.45, 2.75) is 23.8 Å². The Morgan fingerprint density at radius 1 is 1.08 bits per heavy atom. The van der Waals surface area contributed by atoms with E-state index >= 15 is 0 Å². The van der Waals surface area contributed by atoms with E-state index in [0.29, 0.717) is 18.4 Å². The lowest BCUT2D eigenvalue weighted by molar-refractivity contribution is 0.197. The van der Waals surface area contributed by atoms with Crippen LogP contribution in [0.1, 0.15) is 24.4 Å². The Hall–Kier alpha value is -1.89. The number of ether oxygens (including phenoxy) is 1. The van der Waals surface area contributed by atoms with Gasteiger partial charge in [-0.25, -0.2) is 12.7 Å². The summed E-state index contributed by atoms with van der Waals surface area (Å²) >= 11 is 0. The van der Waals surface area contributed by atoms with E-state index in [2.05, 4.69) is 29.2 Å². The molecule has 0 N–H and O–H groups in total. The van der Waals surface area contributed by atoms with Gasteiger partial charge < -0.3 is 4.74 Å². The van der Waals surface area contributed by atoms with E-state index in [0.717, 1.165) is 13.1 Å². The van der Waals surface area contributed by atoms with Gasteiger partial charge in [-0.05, 0) is 49.2 Å². The van der Waals surface area contributed by atoms with E-state index in [4.69, 9.17) is 4.74 Å². The molecule has 3 rings (SSSR count). The molecule has 0 aromatic heterocycles. The van der Waals surface area contributed by atoms with Crippen molar-refractivity contribution < 1.29 is 13.2 Å². The molecule has 0 radical (unpaired) electrons. The summed E-state index contributed by atoms with van der Waals surface area (Å²) in [5.41, 5.74) is 1.36. The molecule has 2 aromatic rings. The molecular formula is C20H26N2O3S. The summed E-state index contributed by atoms with van der Waals surface area (Å²) in [6.07, 6.45) is 2.39. The van der Waals surface area contributed by atoms with Crippen LogP contribution in [0.4, 0.5) is 0 Å². The number of rotatable bonds is 7. The lowest BCUT2D eigenvalue weighted by atomic mass is 10.0. The Bertz CT molecular complexity index is 805. The molecule has 0 bridgehead atoms. The number of sulfonamides is 1. The SMILES string of the molecule is CN(C)S(=O)(=O)c1ccc(OCCN2CCCC2c2ccccc2)cc1. The summed E-state index contributed by atoms with van der Waals surface area (Å²) in [5, 5.41) is 0. The van der Waals surface area contributed by atoms with E-state index in [1.165, 1.54) is 36.8 Å². The van der Waals surface area contributed by atoms with Crippen molar-refractivity contribution in [3.05, 3.63) is 60.2 Å². The third-order valence-corrected chi connectivity index (χ3v) is 6.63. The van der Waals surface area contributed by atoms with Crippen molar-refractivity contribution >= 4 is 10.0 Å². The molecule has 1 heterocycles. The molecule has 140 valence electrons. The average Bonchev–Trinajstić information content (AvgIpc) is 3.11. The first kappa shape index (κ1) is 18.9. The first-order valence-electron chi connectivity index (χ1n) is 8.93. The molecule has 0 spiro atoms. The minimum atomic E-state index is -3.40. The molecule has 1 aliphatic heterocycles. The minimum Gasteiger partial charge on any atom is -0.492 e. The van der Waals surface area contributed by atoms with E-state index in [9.17, 15) is 8.42 Å². The van der Waals surface area contributed by atoms with Crippen LogP contribution in [0.2, 0.25) is 0 Å². The molecule has 0 saturated carbocycles. The number of hydrogen-bond donors (Lipinski definition) is 0. The largest absolute Gasteiger partial charge is 0.492 e. The van der Waals surface area contributed by atoms with Gasteiger partial charge in [0.2, 0.25) is 10.0 Å². The zero-order valence-corrected chi connectivity index (χ0v) is 16.2. The summed E-state index contributed by atoms with van der Waals surface area (Å²) in [4.78, 5) is 2.73. The molecular weight excluding hydrogens is 348 g/mol. The van der Waals surface area contributed by atoms with Gasteiger partial charge in [0.1, 0.15) is 12.4 Å². The highest BCUT2D eigenvalue weighted by molar-refractivity contribution is 7.89. The summed E-state index contributed by atoms with van der Waals surface area (Å²) in [5.74, 6) is 0.693. The number of benzene rings is 2. The van der Waals surface area contributed by atoms with Crippen LogP contribution in [0.3, 0.4) is 0 Å². The predicted octanol–water partition coefficient (Wildman–Crippen LogP) is 3.15. The first-order chi connectivity index (χ1) is 12.5. The monoisotopic (exact) mass is 374 g/mol. The van der Waals surface area contributed by atoms with Crippen LogP contribution in [0.25, 0.3) is 0 Å². The maximum absolute atomic E-state index is 12.1. The van der Waals surface area contributed by atoms with Gasteiger partial charge >= 0.3 is 0 Å². The van der Waals surface area contributed by atoms with Gasteiger partial charge in [0, 0.05) is 26.7 Å². The smallest absolute Gasteiger partial charge is 0.242 e. The second-order valence-electron chi connectivity index (χ2n) is 6.71. The fourth-order valence-electron chi connectivity index (χ4n) is 3.35. The highest BCUT2D eigenvalue weighted by Gasteiger charge is 2.25. The van der Waals surface area contributed by atoms with Crippen molar-refractivity contribution in [2.24, 2.45) is 0 Å². The Labute approximate surface area is 156 Å². The predicted molar refractivity (Wildman–Crippen MR) is 103 cm³/mol. The summed E-state index contributed by atoms with van der Waals surface area (Å²) in [6, 6.07) is 17.7. The lowest BCUT2D eigenvalue weighted by Gasteiger charge is -2.24. The van der Waals surface area contributed by atoms with Crippen molar-refractivity contribution in [3.8, 4) is 5.75 Å². The van der Waals surface area contributed by atoms with Gasteiger partial charge in [-0.1, -0.05) is 30.3 Å². The molecule has 1 fully saturated rings. The molecule has 0 aliphatic carbocycles. The Morgan fingerprint density at radius 2 is 1.77 bits per heavy atom. The summed E-state index contributed by atoms with van der Waals surface area (Å²) in [7, 11) is -0.342. The van der Waals surface area contributed by atoms with Gasteiger partial charge in [0.05, 0.1) is 4.90 Å². The zero-order valence-electron chi connectivity index (χ0n) is 15.3. The third kappa shape index (κ3) is 4.26. The van der Waals surface area contributed by atoms with Crippen molar-refractivity contribution in [1.82, 2.24) is 9.21 Å². The fourth-order valence-corrected chi connectivity index (χ4v) is 4.25. The van der Waals surface area contributed by atoms with Gasteiger partial charge in [0.25, 0.3) is 0 Å². The van der Waals surface area contributed by atoms with E-state index < -0.39 is 10.0 Å². The Morgan fingerprint density at radius 3 is 2.42 bits per heavy atom. The molecule has 0 amide bonds. The third-order valence-electron chi connectivity index (χ3n) is 4.80. The van der Waals surface area contributed by atoms with Crippen molar-refractivity contribution in [2.75, 3.05) is 33.8 Å². The van der Waals surface area contributed by atoms with Gasteiger partial charge in [-0.2, -0.15) is 0 Å². The van der Waals surface area contributed by atoms with Gasteiger partial charge in [-0.15, -0.1) is 0 Å². The average molecular weight is 375 g/mol. The molecule has 1 aliphatic rings. The Kier molecular flexibility index (Phi) is 5.96. The minimum absolute atomic E-state index is 0.276. The van der Waals surface area contributed by atoms with Crippen molar-refractivity contribution in [3.63, 3.8) is 0 Å². The highest BCUT2D eigenvalue weighted by Crippen LogP contribution is 2.31. The van der Waals surface area contributed by atoms with Crippen LogP contribution in [0.5, 0.6) is 5.75 Å². The van der Waals surface area contributed by atoms with Crippen LogP contribution >= 0.6 is 0 Å². The molecule has 1 saturated heterocycles. The molecule has 1 unspecified atom stereocenters. The maximum atomic E-state index is 12.1. The number of likely N-dealkylation sites (tertiary alicyclic amines) is 1. The molecule has 1 atom stereocenters. The second kappa shape index (κ2) is 8.20.